The lowest BCUT2D eigenvalue weighted by Gasteiger charge is -2.16. The van der Waals surface area contributed by atoms with Gasteiger partial charge in [-0.05, 0) is 38.4 Å². The molecule has 0 aliphatic carbocycles. The van der Waals surface area contributed by atoms with Gasteiger partial charge in [0.1, 0.15) is 6.79 Å². The van der Waals surface area contributed by atoms with Gasteiger partial charge in [-0.15, -0.1) is 0 Å². The summed E-state index contributed by atoms with van der Waals surface area (Å²) in [5.74, 6) is 0. The Hall–Kier alpha value is -1.03. The van der Waals surface area contributed by atoms with Crippen molar-refractivity contribution in [3.63, 3.8) is 0 Å². The Labute approximate surface area is 170 Å². The molecule has 0 fully saturated rings. The van der Waals surface area contributed by atoms with Crippen LogP contribution in [0.15, 0.2) is 41.3 Å². The van der Waals surface area contributed by atoms with Crippen LogP contribution in [-0.4, -0.2) is 53.8 Å². The number of hydrogen-bond donors (Lipinski definition) is 1. The molecule has 0 unspecified atom stereocenters. The summed E-state index contributed by atoms with van der Waals surface area (Å²) in [6.07, 6.45) is 2.75. The van der Waals surface area contributed by atoms with E-state index in [9.17, 15) is 13.5 Å². The molecule has 0 aliphatic rings. The summed E-state index contributed by atoms with van der Waals surface area (Å²) in [6.45, 7) is 11.3. The van der Waals surface area contributed by atoms with Crippen LogP contribution in [0, 0.1) is 6.92 Å². The van der Waals surface area contributed by atoms with Crippen molar-refractivity contribution in [3.8, 4) is 0 Å². The maximum absolute atomic E-state index is 12.1. The first-order chi connectivity index (χ1) is 13.0. The Morgan fingerprint density at radius 3 is 2.43 bits per heavy atom. The van der Waals surface area contributed by atoms with Gasteiger partial charge in [0, 0.05) is 14.7 Å². The average molecular weight is 431 g/mol. The van der Waals surface area contributed by atoms with Gasteiger partial charge in [-0.2, -0.15) is 8.42 Å². The minimum atomic E-state index is -3.86. The lowest BCUT2D eigenvalue weighted by Crippen LogP contribution is -2.22. The van der Waals surface area contributed by atoms with E-state index in [0.717, 1.165) is 11.6 Å². The number of ether oxygens (including phenoxy) is 2. The summed E-state index contributed by atoms with van der Waals surface area (Å²) in [5.41, 5.74) is 0.960. The molecule has 1 N–H and O–H groups in total. The van der Waals surface area contributed by atoms with E-state index < -0.39 is 24.3 Å². The molecule has 2 atom stereocenters. The first-order valence-corrected chi connectivity index (χ1v) is 14.6. The lowest BCUT2D eigenvalue weighted by molar-refractivity contribution is -0.0666. The largest absolute Gasteiger partial charge is 0.390 e. The topological polar surface area (TPSA) is 82.1 Å². The predicted octanol–water partition coefficient (Wildman–Crippen LogP) is 3.72. The van der Waals surface area contributed by atoms with Crippen LogP contribution in [0.25, 0.3) is 0 Å². The highest BCUT2D eigenvalue weighted by molar-refractivity contribution is 7.86. The first-order valence-electron chi connectivity index (χ1n) is 9.50. The molecule has 0 radical (unpaired) electrons. The maximum atomic E-state index is 12.1. The van der Waals surface area contributed by atoms with Crippen LogP contribution in [0.1, 0.15) is 18.9 Å². The molecule has 160 valence electrons. The third kappa shape index (κ3) is 11.1. The summed E-state index contributed by atoms with van der Waals surface area (Å²) in [4.78, 5) is 0.0805. The minimum Gasteiger partial charge on any atom is -0.390 e. The third-order valence-corrected chi connectivity index (χ3v) is 6.95. The van der Waals surface area contributed by atoms with Crippen molar-refractivity contribution < 1.29 is 27.2 Å². The molecule has 6 nitrogen and oxygen atoms in total. The number of hydrogen-bond acceptors (Lipinski definition) is 6. The van der Waals surface area contributed by atoms with Crippen LogP contribution in [-0.2, 0) is 23.8 Å². The zero-order valence-corrected chi connectivity index (χ0v) is 19.4. The Bertz CT molecular complexity index is 694. The highest BCUT2D eigenvalue weighted by Gasteiger charge is 2.17. The second-order valence-electron chi connectivity index (χ2n) is 8.08. The molecule has 1 aromatic carbocycles. The fourth-order valence-corrected chi connectivity index (χ4v) is 3.78. The molecule has 0 saturated heterocycles. The van der Waals surface area contributed by atoms with Crippen molar-refractivity contribution >= 4 is 18.2 Å². The van der Waals surface area contributed by atoms with Crippen molar-refractivity contribution in [2.75, 3.05) is 20.0 Å². The highest BCUT2D eigenvalue weighted by Crippen LogP contribution is 2.14. The van der Waals surface area contributed by atoms with Crippen molar-refractivity contribution in [1.82, 2.24) is 0 Å². The van der Waals surface area contributed by atoms with Crippen molar-refractivity contribution in [3.05, 3.63) is 42.0 Å². The molecule has 0 bridgehead atoms. The molecule has 28 heavy (non-hydrogen) atoms. The Kier molecular flexibility index (Phi) is 10.6. The fraction of sp³-hybridized carbons (Fsp3) is 0.600. The van der Waals surface area contributed by atoms with Gasteiger partial charge in [0.05, 0.1) is 23.7 Å². The lowest BCUT2D eigenvalue weighted by atomic mass is 10.2. The Balaban J connectivity index is 2.26. The van der Waals surface area contributed by atoms with Crippen LogP contribution in [0.5, 0.6) is 0 Å². The quantitative estimate of drug-likeness (QED) is 0.169. The number of aliphatic hydroxyl groups excluding tert-OH is 1. The van der Waals surface area contributed by atoms with E-state index in [1.807, 2.05) is 13.8 Å². The summed E-state index contributed by atoms with van der Waals surface area (Å²) in [7, 11) is -4.95. The summed E-state index contributed by atoms with van der Waals surface area (Å²) in [6, 6.07) is 7.47. The molecule has 8 heteroatoms. The van der Waals surface area contributed by atoms with Crippen LogP contribution in [0.3, 0.4) is 0 Å². The number of rotatable bonds is 13. The maximum Gasteiger partial charge on any atom is 0.297 e. The fourth-order valence-electron chi connectivity index (χ4n) is 2.08. The van der Waals surface area contributed by atoms with Gasteiger partial charge in [0.25, 0.3) is 10.1 Å². The highest BCUT2D eigenvalue weighted by atomic mass is 32.2. The molecule has 1 aromatic rings. The van der Waals surface area contributed by atoms with Crippen LogP contribution in [0.4, 0.5) is 0 Å². The smallest absolute Gasteiger partial charge is 0.297 e. The molecule has 0 spiro atoms. The van der Waals surface area contributed by atoms with Gasteiger partial charge in [-0.3, -0.25) is 4.18 Å². The van der Waals surface area contributed by atoms with E-state index in [0.29, 0.717) is 6.61 Å². The molecule has 0 heterocycles. The molecular weight excluding hydrogens is 396 g/mol. The van der Waals surface area contributed by atoms with E-state index in [2.05, 4.69) is 19.6 Å². The second-order valence-corrected chi connectivity index (χ2v) is 15.3. The van der Waals surface area contributed by atoms with Crippen LogP contribution < -0.4 is 0 Å². The van der Waals surface area contributed by atoms with E-state index in [1.165, 1.54) is 12.1 Å². The summed E-state index contributed by atoms with van der Waals surface area (Å²) < 4.78 is 40.1. The van der Waals surface area contributed by atoms with Gasteiger partial charge >= 0.3 is 0 Å². The minimum absolute atomic E-state index is 0.0805. The second kappa shape index (κ2) is 11.8. The van der Waals surface area contributed by atoms with Gasteiger partial charge in [0.2, 0.25) is 0 Å². The molecule has 0 aliphatic heterocycles. The van der Waals surface area contributed by atoms with Gasteiger partial charge < -0.3 is 14.6 Å². The van der Waals surface area contributed by atoms with Crippen LogP contribution >= 0.6 is 0 Å². The molecule has 1 rings (SSSR count). The third-order valence-electron chi connectivity index (χ3n) is 3.95. The van der Waals surface area contributed by atoms with Gasteiger partial charge in [0.15, 0.2) is 0 Å². The van der Waals surface area contributed by atoms with Gasteiger partial charge in [-0.25, -0.2) is 0 Å². The normalized spacial score (nSPS) is 15.1. The molecule has 0 amide bonds. The monoisotopic (exact) mass is 430 g/mol. The SMILES string of the molecule is Cc1ccc(S(=O)(=O)OC[C@H](O)C/C=C\[C@H](C)OCOCC[Si](C)(C)C)cc1. The summed E-state index contributed by atoms with van der Waals surface area (Å²) in [5, 5.41) is 9.94. The average Bonchev–Trinajstić information content (AvgIpc) is 2.59. The van der Waals surface area contributed by atoms with E-state index in [4.69, 9.17) is 13.7 Å². The van der Waals surface area contributed by atoms with Crippen LogP contribution in [0.2, 0.25) is 25.7 Å². The molecule has 0 saturated carbocycles. The van der Waals surface area contributed by atoms with E-state index in [-0.39, 0.29) is 30.8 Å². The van der Waals surface area contributed by atoms with Crippen molar-refractivity contribution in [2.45, 2.75) is 63.1 Å². The predicted molar refractivity (Wildman–Crippen MR) is 114 cm³/mol. The van der Waals surface area contributed by atoms with Crippen molar-refractivity contribution in [2.24, 2.45) is 0 Å². The number of benzene rings is 1. The summed E-state index contributed by atoms with van der Waals surface area (Å²) >= 11 is 0. The Morgan fingerprint density at radius 1 is 1.18 bits per heavy atom. The van der Waals surface area contributed by atoms with E-state index >= 15 is 0 Å². The zero-order chi connectivity index (χ0) is 21.2. The van der Waals surface area contributed by atoms with E-state index in [1.54, 1.807) is 24.3 Å². The standard InChI is InChI=1S/C20H34O6SSi/c1-17-9-11-20(12-10-17)27(22,23)26-15-19(21)8-6-7-18(2)25-16-24-13-14-28(3,4)5/h6-7,9-12,18-19,21H,8,13-16H2,1-5H3/b7-6-/t18-,19+/m0/s1. The first kappa shape index (κ1) is 25.0. The van der Waals surface area contributed by atoms with Gasteiger partial charge in [-0.1, -0.05) is 49.5 Å². The zero-order valence-electron chi connectivity index (χ0n) is 17.6. The van der Waals surface area contributed by atoms with Crippen molar-refractivity contribution in [1.29, 1.82) is 0 Å². The Morgan fingerprint density at radius 2 is 1.82 bits per heavy atom. The molecular formula is C20H34O6SSi. The number of aliphatic hydroxyl groups is 1. The molecule has 0 aromatic heterocycles. The number of aryl methyl sites for hydroxylation is 1.